The van der Waals surface area contributed by atoms with Crippen molar-refractivity contribution in [3.05, 3.63) is 96.1 Å². The van der Waals surface area contributed by atoms with E-state index in [0.717, 1.165) is 18.0 Å². The van der Waals surface area contributed by atoms with E-state index in [0.29, 0.717) is 13.2 Å². The second kappa shape index (κ2) is 9.64. The first-order chi connectivity index (χ1) is 12.8. The van der Waals surface area contributed by atoms with Crippen molar-refractivity contribution in [2.75, 3.05) is 13.2 Å². The standard InChI is InChI=1S/C23H25NO2/c1-19(24-18-20-8-4-2-5-9-20)21-12-14-23(15-13-21)26-17-16-25-22-10-6-3-7-11-22/h2-15,19,24H,16-18H2,1H3. The minimum atomic E-state index is 0.283. The minimum Gasteiger partial charge on any atom is -0.490 e. The smallest absolute Gasteiger partial charge is 0.122 e. The van der Waals surface area contributed by atoms with Gasteiger partial charge in [0.2, 0.25) is 0 Å². The molecule has 3 aromatic carbocycles. The second-order valence-electron chi connectivity index (χ2n) is 6.17. The number of benzene rings is 3. The molecule has 26 heavy (non-hydrogen) atoms. The van der Waals surface area contributed by atoms with Crippen LogP contribution >= 0.6 is 0 Å². The van der Waals surface area contributed by atoms with Crippen molar-refractivity contribution in [2.24, 2.45) is 0 Å². The van der Waals surface area contributed by atoms with Gasteiger partial charge in [0.05, 0.1) is 0 Å². The Balaban J connectivity index is 1.41. The number of para-hydroxylation sites is 1. The van der Waals surface area contributed by atoms with Crippen molar-refractivity contribution in [1.82, 2.24) is 5.32 Å². The monoisotopic (exact) mass is 347 g/mol. The summed E-state index contributed by atoms with van der Waals surface area (Å²) in [6.07, 6.45) is 0. The molecule has 0 aliphatic carbocycles. The largest absolute Gasteiger partial charge is 0.490 e. The van der Waals surface area contributed by atoms with Crippen molar-refractivity contribution >= 4 is 0 Å². The fraction of sp³-hybridized carbons (Fsp3) is 0.217. The summed E-state index contributed by atoms with van der Waals surface area (Å²) in [5.74, 6) is 1.73. The predicted octanol–water partition coefficient (Wildman–Crippen LogP) is 5.00. The number of hydrogen-bond donors (Lipinski definition) is 1. The zero-order valence-electron chi connectivity index (χ0n) is 15.1. The van der Waals surface area contributed by atoms with Gasteiger partial charge in [-0.15, -0.1) is 0 Å². The quantitative estimate of drug-likeness (QED) is 0.553. The van der Waals surface area contributed by atoms with Gasteiger partial charge in [-0.2, -0.15) is 0 Å². The topological polar surface area (TPSA) is 30.5 Å². The van der Waals surface area contributed by atoms with Crippen molar-refractivity contribution in [3.8, 4) is 11.5 Å². The Morgan fingerprint density at radius 1 is 0.692 bits per heavy atom. The van der Waals surface area contributed by atoms with E-state index in [-0.39, 0.29) is 6.04 Å². The number of hydrogen-bond acceptors (Lipinski definition) is 3. The van der Waals surface area contributed by atoms with Crippen LogP contribution < -0.4 is 14.8 Å². The highest BCUT2D eigenvalue weighted by molar-refractivity contribution is 5.29. The number of ether oxygens (including phenoxy) is 2. The van der Waals surface area contributed by atoms with E-state index >= 15 is 0 Å². The van der Waals surface area contributed by atoms with Crippen molar-refractivity contribution in [3.63, 3.8) is 0 Å². The van der Waals surface area contributed by atoms with E-state index in [2.05, 4.69) is 48.6 Å². The summed E-state index contributed by atoms with van der Waals surface area (Å²) in [4.78, 5) is 0. The molecule has 0 aromatic heterocycles. The summed E-state index contributed by atoms with van der Waals surface area (Å²) < 4.78 is 11.4. The predicted molar refractivity (Wildman–Crippen MR) is 106 cm³/mol. The lowest BCUT2D eigenvalue weighted by Crippen LogP contribution is -2.18. The van der Waals surface area contributed by atoms with Crippen LogP contribution in [0.4, 0.5) is 0 Å². The molecule has 1 N–H and O–H groups in total. The maximum Gasteiger partial charge on any atom is 0.122 e. The van der Waals surface area contributed by atoms with Gasteiger partial charge in [-0.3, -0.25) is 0 Å². The van der Waals surface area contributed by atoms with Gasteiger partial charge in [0.25, 0.3) is 0 Å². The van der Waals surface area contributed by atoms with Crippen LogP contribution in [0.25, 0.3) is 0 Å². The number of rotatable bonds is 9. The normalized spacial score (nSPS) is 11.7. The average Bonchev–Trinajstić information content (AvgIpc) is 2.71. The molecule has 3 nitrogen and oxygen atoms in total. The summed E-state index contributed by atoms with van der Waals surface area (Å²) in [6.45, 7) is 4.08. The maximum absolute atomic E-state index is 5.75. The molecular weight excluding hydrogens is 322 g/mol. The molecule has 3 heteroatoms. The van der Waals surface area contributed by atoms with Crippen molar-refractivity contribution in [2.45, 2.75) is 19.5 Å². The zero-order chi connectivity index (χ0) is 18.0. The van der Waals surface area contributed by atoms with Crippen LogP contribution in [0.2, 0.25) is 0 Å². The van der Waals surface area contributed by atoms with Gasteiger partial charge in [0.1, 0.15) is 24.7 Å². The van der Waals surface area contributed by atoms with Gasteiger partial charge in [0.15, 0.2) is 0 Å². The molecule has 0 amide bonds. The van der Waals surface area contributed by atoms with E-state index in [1.54, 1.807) is 0 Å². The summed E-state index contributed by atoms with van der Waals surface area (Å²) in [5, 5.41) is 3.54. The highest BCUT2D eigenvalue weighted by Gasteiger charge is 2.05. The third-order valence-electron chi connectivity index (χ3n) is 4.20. The van der Waals surface area contributed by atoms with Crippen LogP contribution in [0.15, 0.2) is 84.9 Å². The second-order valence-corrected chi connectivity index (χ2v) is 6.17. The minimum absolute atomic E-state index is 0.283. The first kappa shape index (κ1) is 18.0. The highest BCUT2D eigenvalue weighted by Crippen LogP contribution is 2.18. The third kappa shape index (κ3) is 5.64. The third-order valence-corrected chi connectivity index (χ3v) is 4.20. The van der Waals surface area contributed by atoms with Crippen LogP contribution in [-0.2, 0) is 6.54 Å². The summed E-state index contributed by atoms with van der Waals surface area (Å²) >= 11 is 0. The lowest BCUT2D eigenvalue weighted by Gasteiger charge is -2.15. The molecule has 0 aliphatic heterocycles. The van der Waals surface area contributed by atoms with Gasteiger partial charge in [-0.1, -0.05) is 60.7 Å². The fourth-order valence-electron chi connectivity index (χ4n) is 2.67. The molecule has 0 radical (unpaired) electrons. The van der Waals surface area contributed by atoms with E-state index < -0.39 is 0 Å². The van der Waals surface area contributed by atoms with E-state index in [4.69, 9.17) is 9.47 Å². The first-order valence-corrected chi connectivity index (χ1v) is 8.99. The van der Waals surface area contributed by atoms with E-state index in [1.165, 1.54) is 11.1 Å². The molecule has 0 aliphatic rings. The Morgan fingerprint density at radius 3 is 1.85 bits per heavy atom. The maximum atomic E-state index is 5.75. The van der Waals surface area contributed by atoms with E-state index in [1.807, 2.05) is 48.5 Å². The Labute approximate surface area is 155 Å². The first-order valence-electron chi connectivity index (χ1n) is 8.99. The molecule has 0 fully saturated rings. The Morgan fingerprint density at radius 2 is 1.23 bits per heavy atom. The molecule has 0 bridgehead atoms. The molecule has 0 saturated heterocycles. The molecule has 3 rings (SSSR count). The molecular formula is C23H25NO2. The zero-order valence-corrected chi connectivity index (χ0v) is 15.1. The van der Waals surface area contributed by atoms with Crippen LogP contribution in [0, 0.1) is 0 Å². The van der Waals surface area contributed by atoms with E-state index in [9.17, 15) is 0 Å². The highest BCUT2D eigenvalue weighted by atomic mass is 16.5. The van der Waals surface area contributed by atoms with Crippen LogP contribution in [0.5, 0.6) is 11.5 Å². The summed E-state index contributed by atoms with van der Waals surface area (Å²) in [5.41, 5.74) is 2.53. The lowest BCUT2D eigenvalue weighted by atomic mass is 10.1. The van der Waals surface area contributed by atoms with Crippen LogP contribution in [0.3, 0.4) is 0 Å². The van der Waals surface area contributed by atoms with Crippen molar-refractivity contribution in [1.29, 1.82) is 0 Å². The Hall–Kier alpha value is -2.78. The fourth-order valence-corrected chi connectivity index (χ4v) is 2.67. The SMILES string of the molecule is CC(NCc1ccccc1)c1ccc(OCCOc2ccccc2)cc1. The van der Waals surface area contributed by atoms with Gasteiger partial charge in [0, 0.05) is 12.6 Å². The molecule has 3 aromatic rings. The van der Waals surface area contributed by atoms with Gasteiger partial charge in [-0.25, -0.2) is 0 Å². The van der Waals surface area contributed by atoms with Crippen LogP contribution in [-0.4, -0.2) is 13.2 Å². The number of nitrogens with one attached hydrogen (secondary N) is 1. The molecule has 1 unspecified atom stereocenters. The molecule has 0 saturated carbocycles. The summed E-state index contributed by atoms with van der Waals surface area (Å²) in [6, 6.07) is 28.7. The molecule has 1 atom stereocenters. The molecule has 134 valence electrons. The van der Waals surface area contributed by atoms with Gasteiger partial charge < -0.3 is 14.8 Å². The van der Waals surface area contributed by atoms with Gasteiger partial charge >= 0.3 is 0 Å². The van der Waals surface area contributed by atoms with Crippen molar-refractivity contribution < 1.29 is 9.47 Å². The van der Waals surface area contributed by atoms with Gasteiger partial charge in [-0.05, 0) is 42.3 Å². The molecule has 0 heterocycles. The Kier molecular flexibility index (Phi) is 6.68. The lowest BCUT2D eigenvalue weighted by molar-refractivity contribution is 0.217. The van der Waals surface area contributed by atoms with Crippen LogP contribution in [0.1, 0.15) is 24.1 Å². The Bertz CT molecular complexity index is 757. The summed E-state index contributed by atoms with van der Waals surface area (Å²) in [7, 11) is 0. The average molecular weight is 347 g/mol. The molecule has 0 spiro atoms.